The molecule has 0 spiro atoms. The molecule has 2 atom stereocenters. The van der Waals surface area contributed by atoms with Crippen LogP contribution >= 0.6 is 27.3 Å². The van der Waals surface area contributed by atoms with E-state index in [1.165, 1.54) is 4.88 Å². The molecule has 1 aromatic heterocycles. The summed E-state index contributed by atoms with van der Waals surface area (Å²) in [6, 6.07) is 2.61. The summed E-state index contributed by atoms with van der Waals surface area (Å²) in [7, 11) is 0. The zero-order chi connectivity index (χ0) is 10.7. The third-order valence-electron chi connectivity index (χ3n) is 2.49. The first-order valence-electron chi connectivity index (χ1n) is 5.06. The molecule has 2 rings (SSSR count). The van der Waals surface area contributed by atoms with Gasteiger partial charge < -0.3 is 15.8 Å². The second-order valence-electron chi connectivity index (χ2n) is 3.74. The monoisotopic (exact) mass is 290 g/mol. The zero-order valence-corrected chi connectivity index (χ0v) is 10.8. The van der Waals surface area contributed by atoms with Crippen LogP contribution in [0.25, 0.3) is 0 Å². The maximum atomic E-state index is 6.13. The minimum absolute atomic E-state index is 0.112. The summed E-state index contributed by atoms with van der Waals surface area (Å²) in [5.74, 6) is 0. The van der Waals surface area contributed by atoms with Crippen molar-refractivity contribution in [1.82, 2.24) is 5.32 Å². The van der Waals surface area contributed by atoms with Crippen molar-refractivity contribution in [2.45, 2.75) is 18.5 Å². The van der Waals surface area contributed by atoms with Gasteiger partial charge in [0.05, 0.1) is 13.2 Å². The van der Waals surface area contributed by atoms with Gasteiger partial charge in [-0.3, -0.25) is 0 Å². The van der Waals surface area contributed by atoms with E-state index in [1.54, 1.807) is 11.3 Å². The number of nitrogens with one attached hydrogen (secondary N) is 1. The third kappa shape index (κ3) is 3.26. The molecular weight excluding hydrogens is 276 g/mol. The van der Waals surface area contributed by atoms with Crippen molar-refractivity contribution in [1.29, 1.82) is 0 Å². The van der Waals surface area contributed by atoms with Crippen LogP contribution in [-0.4, -0.2) is 25.8 Å². The minimum Gasteiger partial charge on any atom is -0.379 e. The normalized spacial score (nSPS) is 24.0. The maximum Gasteiger partial charge on any atom is 0.0620 e. The highest BCUT2D eigenvalue weighted by molar-refractivity contribution is 9.10. The molecule has 1 saturated heterocycles. The Kier molecular flexibility index (Phi) is 4.16. The van der Waals surface area contributed by atoms with Crippen molar-refractivity contribution in [2.24, 2.45) is 5.73 Å². The van der Waals surface area contributed by atoms with E-state index in [0.717, 1.165) is 30.7 Å². The fourth-order valence-corrected chi connectivity index (χ4v) is 3.18. The lowest BCUT2D eigenvalue weighted by molar-refractivity contribution is 0.0721. The molecule has 3 N–H and O–H groups in total. The van der Waals surface area contributed by atoms with Gasteiger partial charge in [-0.2, -0.15) is 0 Å². The number of nitrogens with two attached hydrogens (primary N) is 1. The summed E-state index contributed by atoms with van der Waals surface area (Å²) in [5, 5.41) is 5.48. The first-order chi connectivity index (χ1) is 7.25. The van der Waals surface area contributed by atoms with E-state index >= 15 is 0 Å². The predicted octanol–water partition coefficient (Wildman–Crippen LogP) is 1.89. The van der Waals surface area contributed by atoms with Crippen molar-refractivity contribution in [3.05, 3.63) is 20.8 Å². The second kappa shape index (κ2) is 5.41. The van der Waals surface area contributed by atoms with E-state index in [9.17, 15) is 0 Å². The van der Waals surface area contributed by atoms with Crippen LogP contribution in [0.3, 0.4) is 0 Å². The van der Waals surface area contributed by atoms with Gasteiger partial charge in [-0.05, 0) is 28.4 Å². The van der Waals surface area contributed by atoms with Gasteiger partial charge >= 0.3 is 0 Å². The Labute approximate surface area is 102 Å². The van der Waals surface area contributed by atoms with Gasteiger partial charge in [0.25, 0.3) is 0 Å². The largest absolute Gasteiger partial charge is 0.379 e. The van der Waals surface area contributed by atoms with E-state index in [-0.39, 0.29) is 6.04 Å². The number of thiophene rings is 1. The number of rotatable bonds is 3. The van der Waals surface area contributed by atoms with Crippen molar-refractivity contribution < 1.29 is 4.74 Å². The Morgan fingerprint density at radius 1 is 1.73 bits per heavy atom. The third-order valence-corrected chi connectivity index (χ3v) is 4.32. The van der Waals surface area contributed by atoms with Gasteiger partial charge in [-0.15, -0.1) is 11.3 Å². The van der Waals surface area contributed by atoms with Gasteiger partial charge in [0.2, 0.25) is 0 Å². The van der Waals surface area contributed by atoms with E-state index in [4.69, 9.17) is 10.5 Å². The van der Waals surface area contributed by atoms with Crippen LogP contribution in [0.4, 0.5) is 0 Å². The average molecular weight is 291 g/mol. The minimum atomic E-state index is 0.112. The number of hydrogen-bond donors (Lipinski definition) is 2. The molecule has 1 aliphatic rings. The smallest absolute Gasteiger partial charge is 0.0620 e. The van der Waals surface area contributed by atoms with Crippen molar-refractivity contribution in [3.8, 4) is 0 Å². The van der Waals surface area contributed by atoms with Crippen LogP contribution in [-0.2, 0) is 4.74 Å². The molecule has 0 aromatic carbocycles. The van der Waals surface area contributed by atoms with E-state index < -0.39 is 0 Å². The summed E-state index contributed by atoms with van der Waals surface area (Å²) in [5.41, 5.74) is 6.13. The Balaban J connectivity index is 1.88. The molecule has 84 valence electrons. The SMILES string of the molecule is NC(CC1COCCN1)c1cc(Br)cs1. The Bertz CT molecular complexity index is 312. The molecule has 0 radical (unpaired) electrons. The molecule has 2 heterocycles. The molecule has 0 aliphatic carbocycles. The Hall–Kier alpha value is 0.0600. The molecule has 2 unspecified atom stereocenters. The molecule has 5 heteroatoms. The number of ether oxygens (including phenoxy) is 1. The van der Waals surface area contributed by atoms with Gasteiger partial charge in [0.15, 0.2) is 0 Å². The first-order valence-corrected chi connectivity index (χ1v) is 6.73. The molecule has 15 heavy (non-hydrogen) atoms. The van der Waals surface area contributed by atoms with Crippen molar-refractivity contribution in [2.75, 3.05) is 19.8 Å². The predicted molar refractivity (Wildman–Crippen MR) is 66.2 cm³/mol. The molecule has 0 bridgehead atoms. The van der Waals surface area contributed by atoms with Gasteiger partial charge in [-0.25, -0.2) is 0 Å². The van der Waals surface area contributed by atoms with Crippen LogP contribution in [0.1, 0.15) is 17.3 Å². The summed E-state index contributed by atoms with van der Waals surface area (Å²) < 4.78 is 6.52. The molecule has 1 aromatic rings. The summed E-state index contributed by atoms with van der Waals surface area (Å²) in [6.07, 6.45) is 0.937. The fraction of sp³-hybridized carbons (Fsp3) is 0.600. The fourth-order valence-electron chi connectivity index (χ4n) is 1.72. The topological polar surface area (TPSA) is 47.3 Å². The van der Waals surface area contributed by atoms with Crippen molar-refractivity contribution >= 4 is 27.3 Å². The van der Waals surface area contributed by atoms with Crippen LogP contribution < -0.4 is 11.1 Å². The number of halogens is 1. The maximum absolute atomic E-state index is 6.13. The molecular formula is C10H15BrN2OS. The lowest BCUT2D eigenvalue weighted by Crippen LogP contribution is -2.42. The number of hydrogen-bond acceptors (Lipinski definition) is 4. The van der Waals surface area contributed by atoms with E-state index in [1.807, 2.05) is 0 Å². The quantitative estimate of drug-likeness (QED) is 0.894. The summed E-state index contributed by atoms with van der Waals surface area (Å²) >= 11 is 5.15. The van der Waals surface area contributed by atoms with Crippen LogP contribution in [0.15, 0.2) is 15.9 Å². The van der Waals surface area contributed by atoms with Gasteiger partial charge in [-0.1, -0.05) is 0 Å². The zero-order valence-electron chi connectivity index (χ0n) is 8.41. The van der Waals surface area contributed by atoms with E-state index in [2.05, 4.69) is 32.7 Å². The summed E-state index contributed by atoms with van der Waals surface area (Å²) in [6.45, 7) is 2.53. The molecule has 0 saturated carbocycles. The molecule has 0 amide bonds. The highest BCUT2D eigenvalue weighted by atomic mass is 79.9. The van der Waals surface area contributed by atoms with E-state index in [0.29, 0.717) is 6.04 Å². The molecule has 1 fully saturated rings. The van der Waals surface area contributed by atoms with Gasteiger partial charge in [0, 0.05) is 33.4 Å². The standard InChI is InChI=1S/C10H15BrN2OS/c11-7-3-10(15-6-7)9(12)4-8-5-14-2-1-13-8/h3,6,8-9,13H,1-2,4-5,12H2. The lowest BCUT2D eigenvalue weighted by Gasteiger charge is -2.25. The Morgan fingerprint density at radius 2 is 2.60 bits per heavy atom. The van der Waals surface area contributed by atoms with Crippen molar-refractivity contribution in [3.63, 3.8) is 0 Å². The second-order valence-corrected chi connectivity index (χ2v) is 5.59. The van der Waals surface area contributed by atoms with Crippen LogP contribution in [0.5, 0.6) is 0 Å². The van der Waals surface area contributed by atoms with Gasteiger partial charge in [0.1, 0.15) is 0 Å². The molecule has 1 aliphatic heterocycles. The highest BCUT2D eigenvalue weighted by Crippen LogP contribution is 2.26. The molecule has 3 nitrogen and oxygen atoms in total. The average Bonchev–Trinajstić information content (AvgIpc) is 2.66. The number of morpholine rings is 1. The summed E-state index contributed by atoms with van der Waals surface area (Å²) in [4.78, 5) is 1.23. The van der Waals surface area contributed by atoms with Crippen LogP contribution in [0.2, 0.25) is 0 Å². The first kappa shape index (κ1) is 11.5. The highest BCUT2D eigenvalue weighted by Gasteiger charge is 2.18. The lowest BCUT2D eigenvalue weighted by atomic mass is 10.1. The van der Waals surface area contributed by atoms with Crippen LogP contribution in [0, 0.1) is 0 Å². The Morgan fingerprint density at radius 3 is 3.20 bits per heavy atom.